The summed E-state index contributed by atoms with van der Waals surface area (Å²) < 4.78 is 27.6. The van der Waals surface area contributed by atoms with Crippen molar-refractivity contribution in [1.29, 1.82) is 0 Å². The number of pyridine rings is 1. The van der Waals surface area contributed by atoms with Crippen molar-refractivity contribution in [1.82, 2.24) is 4.98 Å². The number of nitrogens with zero attached hydrogens (tertiary/aromatic N) is 1. The fourth-order valence-electron chi connectivity index (χ4n) is 2.96. The molecule has 1 heterocycles. The van der Waals surface area contributed by atoms with E-state index in [0.29, 0.717) is 22.6 Å². The summed E-state index contributed by atoms with van der Waals surface area (Å²) in [5.74, 6) is 5.64. The average molecular weight is 454 g/mol. The van der Waals surface area contributed by atoms with Gasteiger partial charge < -0.3 is 5.32 Å². The van der Waals surface area contributed by atoms with Crippen LogP contribution in [0, 0.1) is 11.8 Å². The van der Waals surface area contributed by atoms with Crippen molar-refractivity contribution in [3.05, 3.63) is 120 Å². The van der Waals surface area contributed by atoms with Gasteiger partial charge in [0.05, 0.1) is 4.90 Å². The molecule has 0 spiro atoms. The lowest BCUT2D eigenvalue weighted by Crippen LogP contribution is -2.14. The van der Waals surface area contributed by atoms with E-state index in [-0.39, 0.29) is 10.8 Å². The Morgan fingerprint density at radius 3 is 2.21 bits per heavy atom. The van der Waals surface area contributed by atoms with Crippen molar-refractivity contribution < 1.29 is 13.2 Å². The molecule has 0 radical (unpaired) electrons. The molecule has 0 atom stereocenters. The molecule has 6 nitrogen and oxygen atoms in total. The molecule has 0 saturated carbocycles. The van der Waals surface area contributed by atoms with Crippen LogP contribution in [0.3, 0.4) is 0 Å². The monoisotopic (exact) mass is 453 g/mol. The lowest BCUT2D eigenvalue weighted by Gasteiger charge is -2.09. The summed E-state index contributed by atoms with van der Waals surface area (Å²) in [6.07, 6.45) is 1.68. The quantitative estimate of drug-likeness (QED) is 0.435. The number of benzene rings is 3. The molecule has 0 aliphatic rings. The van der Waals surface area contributed by atoms with Crippen LogP contribution in [0.5, 0.6) is 0 Å². The molecule has 3 aromatic carbocycles. The van der Waals surface area contributed by atoms with E-state index in [9.17, 15) is 13.2 Å². The van der Waals surface area contributed by atoms with Crippen molar-refractivity contribution >= 4 is 27.3 Å². The summed E-state index contributed by atoms with van der Waals surface area (Å²) in [7, 11) is -3.75. The highest BCUT2D eigenvalue weighted by atomic mass is 32.2. The molecule has 0 aliphatic heterocycles. The fourth-order valence-corrected chi connectivity index (χ4v) is 4.02. The number of hydrogen-bond acceptors (Lipinski definition) is 4. The van der Waals surface area contributed by atoms with E-state index >= 15 is 0 Å². The molecular weight excluding hydrogens is 434 g/mol. The number of sulfonamides is 1. The van der Waals surface area contributed by atoms with E-state index in [0.717, 1.165) is 5.56 Å². The predicted octanol–water partition coefficient (Wildman–Crippen LogP) is 4.53. The Hall–Kier alpha value is -4.41. The third-order valence-corrected chi connectivity index (χ3v) is 5.97. The Morgan fingerprint density at radius 1 is 0.758 bits per heavy atom. The maximum absolute atomic E-state index is 12.6. The highest BCUT2D eigenvalue weighted by Crippen LogP contribution is 2.17. The van der Waals surface area contributed by atoms with Crippen LogP contribution in [0.4, 0.5) is 11.4 Å². The second kappa shape index (κ2) is 9.81. The van der Waals surface area contributed by atoms with Gasteiger partial charge in [0.15, 0.2) is 0 Å². The van der Waals surface area contributed by atoms with Crippen LogP contribution in [-0.2, 0) is 10.0 Å². The molecule has 1 aromatic heterocycles. The van der Waals surface area contributed by atoms with E-state index in [2.05, 4.69) is 26.9 Å². The van der Waals surface area contributed by atoms with E-state index in [1.807, 2.05) is 24.3 Å². The van der Waals surface area contributed by atoms with Crippen molar-refractivity contribution in [2.24, 2.45) is 0 Å². The third kappa shape index (κ3) is 5.85. The van der Waals surface area contributed by atoms with E-state index in [1.165, 1.54) is 24.3 Å². The lowest BCUT2D eigenvalue weighted by molar-refractivity contribution is 0.102. The molecule has 7 heteroatoms. The van der Waals surface area contributed by atoms with Crippen molar-refractivity contribution in [2.45, 2.75) is 4.90 Å². The van der Waals surface area contributed by atoms with Gasteiger partial charge in [0.1, 0.15) is 5.69 Å². The van der Waals surface area contributed by atoms with Crippen LogP contribution in [0.25, 0.3) is 0 Å². The number of carbonyl (C=O) groups excluding carboxylic acids is 1. The second-order valence-electron chi connectivity index (χ2n) is 7.00. The average Bonchev–Trinajstić information content (AvgIpc) is 2.84. The van der Waals surface area contributed by atoms with Gasteiger partial charge >= 0.3 is 0 Å². The first-order valence-corrected chi connectivity index (χ1v) is 11.5. The number of rotatable bonds is 5. The van der Waals surface area contributed by atoms with Gasteiger partial charge in [-0.3, -0.25) is 9.52 Å². The Labute approximate surface area is 192 Å². The zero-order valence-corrected chi connectivity index (χ0v) is 18.2. The first kappa shape index (κ1) is 21.8. The molecular formula is C26H19N3O3S. The Kier molecular flexibility index (Phi) is 6.48. The number of anilines is 2. The van der Waals surface area contributed by atoms with Gasteiger partial charge in [-0.05, 0) is 72.7 Å². The first-order valence-electron chi connectivity index (χ1n) is 10.0. The van der Waals surface area contributed by atoms with Crippen molar-refractivity contribution in [2.75, 3.05) is 10.0 Å². The molecule has 33 heavy (non-hydrogen) atoms. The van der Waals surface area contributed by atoms with Crippen LogP contribution in [0.1, 0.15) is 21.6 Å². The maximum Gasteiger partial charge on any atom is 0.261 e. The minimum absolute atomic E-state index is 0.0645. The molecule has 4 rings (SSSR count). The molecule has 162 valence electrons. The summed E-state index contributed by atoms with van der Waals surface area (Å²) in [6.45, 7) is 0. The largest absolute Gasteiger partial charge is 0.322 e. The normalized spacial score (nSPS) is 10.5. The number of carbonyl (C=O) groups is 1. The topological polar surface area (TPSA) is 88.2 Å². The van der Waals surface area contributed by atoms with Gasteiger partial charge in [0.2, 0.25) is 0 Å². The number of hydrogen-bond donors (Lipinski definition) is 2. The lowest BCUT2D eigenvalue weighted by atomic mass is 10.1. The van der Waals surface area contributed by atoms with Gasteiger partial charge in [0, 0.05) is 28.7 Å². The van der Waals surface area contributed by atoms with Crippen LogP contribution >= 0.6 is 0 Å². The van der Waals surface area contributed by atoms with Crippen molar-refractivity contribution in [3.63, 3.8) is 0 Å². The summed E-state index contributed by atoms with van der Waals surface area (Å²) in [5, 5.41) is 2.81. The SMILES string of the molecule is O=C(Nc1cccc(C#Cc2ccccn2)c1)c1ccc(S(=O)(=O)Nc2ccccc2)cc1. The Morgan fingerprint density at radius 2 is 1.48 bits per heavy atom. The zero-order chi connectivity index (χ0) is 23.1. The third-order valence-electron chi connectivity index (χ3n) is 4.57. The molecule has 0 aliphatic carbocycles. The van der Waals surface area contributed by atoms with Crippen LogP contribution < -0.4 is 10.0 Å². The highest BCUT2D eigenvalue weighted by molar-refractivity contribution is 7.92. The summed E-state index contributed by atoms with van der Waals surface area (Å²) >= 11 is 0. The minimum atomic E-state index is -3.75. The first-order chi connectivity index (χ1) is 16.0. The molecule has 0 saturated heterocycles. The van der Waals surface area contributed by atoms with E-state index in [4.69, 9.17) is 0 Å². The molecule has 4 aromatic rings. The number of amides is 1. The smallest absolute Gasteiger partial charge is 0.261 e. The number of nitrogens with one attached hydrogen (secondary N) is 2. The Balaban J connectivity index is 1.44. The van der Waals surface area contributed by atoms with E-state index < -0.39 is 10.0 Å². The maximum atomic E-state index is 12.6. The minimum Gasteiger partial charge on any atom is -0.322 e. The van der Waals surface area contributed by atoms with Crippen LogP contribution in [0.2, 0.25) is 0 Å². The molecule has 2 N–H and O–H groups in total. The van der Waals surface area contributed by atoms with Crippen molar-refractivity contribution in [3.8, 4) is 11.8 Å². The molecule has 1 amide bonds. The second-order valence-corrected chi connectivity index (χ2v) is 8.68. The molecule has 0 bridgehead atoms. The van der Waals surface area contributed by atoms with Gasteiger partial charge in [-0.2, -0.15) is 0 Å². The van der Waals surface area contributed by atoms with Gasteiger partial charge in [0.25, 0.3) is 15.9 Å². The standard InChI is InChI=1S/C26H19N3O3S/c30-26(28-24-11-6-7-20(19-24)12-15-22-8-4-5-18-27-22)21-13-16-25(17-14-21)33(31,32)29-23-9-2-1-3-10-23/h1-11,13-14,16-19,29H,(H,28,30). The molecule has 0 fully saturated rings. The highest BCUT2D eigenvalue weighted by Gasteiger charge is 2.15. The summed E-state index contributed by atoms with van der Waals surface area (Å²) in [6, 6.07) is 27.0. The number of aromatic nitrogens is 1. The summed E-state index contributed by atoms with van der Waals surface area (Å²) in [4.78, 5) is 16.9. The fraction of sp³-hybridized carbons (Fsp3) is 0. The van der Waals surface area contributed by atoms with Crippen LogP contribution in [-0.4, -0.2) is 19.3 Å². The summed E-state index contributed by atoms with van der Waals surface area (Å²) in [5.41, 5.74) is 2.76. The molecule has 0 unspecified atom stereocenters. The number of para-hydroxylation sites is 1. The Bertz CT molecular complexity index is 1430. The van der Waals surface area contributed by atoms with Gasteiger partial charge in [-0.25, -0.2) is 13.4 Å². The van der Waals surface area contributed by atoms with Gasteiger partial charge in [-0.15, -0.1) is 0 Å². The van der Waals surface area contributed by atoms with Gasteiger partial charge in [-0.1, -0.05) is 36.3 Å². The van der Waals surface area contributed by atoms with Crippen LogP contribution in [0.15, 0.2) is 108 Å². The predicted molar refractivity (Wildman–Crippen MR) is 128 cm³/mol. The zero-order valence-electron chi connectivity index (χ0n) is 17.4. The van der Waals surface area contributed by atoms with E-state index in [1.54, 1.807) is 54.7 Å².